The minimum absolute atomic E-state index is 0.0907. The molecule has 34 heavy (non-hydrogen) atoms. The Morgan fingerprint density at radius 3 is 1.88 bits per heavy atom. The Hall–Kier alpha value is -2.82. The van der Waals surface area contributed by atoms with Gasteiger partial charge in [0.2, 0.25) is 0 Å². The average molecular weight is 467 g/mol. The first-order valence-corrected chi connectivity index (χ1v) is 12.7. The first-order chi connectivity index (χ1) is 16.5. The highest BCUT2D eigenvalue weighted by Crippen LogP contribution is 2.31. The summed E-state index contributed by atoms with van der Waals surface area (Å²) in [6.45, 7) is 7.63. The van der Waals surface area contributed by atoms with Gasteiger partial charge in [0, 0.05) is 0 Å². The van der Waals surface area contributed by atoms with Crippen LogP contribution in [0.25, 0.3) is 11.1 Å². The molecule has 1 aliphatic rings. The number of carbonyl (C=O) groups is 2. The SMILES string of the molecule is CCCCOC(=O)C1CCC(C(=O)Oc2ccc(-c3ccc(OC[C@@H](C)CC)cc3)cc2)CC1. The fraction of sp³-hybridized carbons (Fsp3) is 0.517. The molecular weight excluding hydrogens is 428 g/mol. The first kappa shape index (κ1) is 25.8. The minimum Gasteiger partial charge on any atom is -0.493 e. The quantitative estimate of drug-likeness (QED) is 0.206. The van der Waals surface area contributed by atoms with E-state index in [0.29, 0.717) is 44.0 Å². The number of esters is 2. The van der Waals surface area contributed by atoms with Crippen molar-refractivity contribution in [3.05, 3.63) is 48.5 Å². The average Bonchev–Trinajstić information content (AvgIpc) is 2.88. The molecule has 0 aromatic heterocycles. The third kappa shape index (κ3) is 7.61. The number of benzene rings is 2. The smallest absolute Gasteiger partial charge is 0.314 e. The molecule has 1 atom stereocenters. The van der Waals surface area contributed by atoms with Gasteiger partial charge in [-0.25, -0.2) is 0 Å². The van der Waals surface area contributed by atoms with Crippen LogP contribution in [-0.2, 0) is 14.3 Å². The van der Waals surface area contributed by atoms with Crippen LogP contribution in [0, 0.1) is 17.8 Å². The van der Waals surface area contributed by atoms with E-state index < -0.39 is 0 Å². The molecule has 0 heterocycles. The van der Waals surface area contributed by atoms with E-state index in [9.17, 15) is 9.59 Å². The number of ether oxygens (including phenoxy) is 3. The highest BCUT2D eigenvalue weighted by atomic mass is 16.5. The molecule has 2 aromatic carbocycles. The summed E-state index contributed by atoms with van der Waals surface area (Å²) in [4.78, 5) is 24.8. The van der Waals surface area contributed by atoms with E-state index in [0.717, 1.165) is 42.7 Å². The zero-order chi connectivity index (χ0) is 24.3. The normalized spacial score (nSPS) is 18.7. The second kappa shape index (κ2) is 13.2. The molecule has 1 fully saturated rings. The Bertz CT molecular complexity index is 895. The van der Waals surface area contributed by atoms with Gasteiger partial charge in [-0.15, -0.1) is 0 Å². The van der Waals surface area contributed by atoms with Crippen LogP contribution in [-0.4, -0.2) is 25.2 Å². The van der Waals surface area contributed by atoms with E-state index >= 15 is 0 Å². The molecule has 5 heteroatoms. The number of hydrogen-bond acceptors (Lipinski definition) is 5. The van der Waals surface area contributed by atoms with Crippen LogP contribution < -0.4 is 9.47 Å². The van der Waals surface area contributed by atoms with Gasteiger partial charge in [0.05, 0.1) is 25.0 Å². The molecule has 1 saturated carbocycles. The molecule has 0 N–H and O–H groups in total. The maximum Gasteiger partial charge on any atom is 0.314 e. The van der Waals surface area contributed by atoms with Gasteiger partial charge in [-0.05, 0) is 73.4 Å². The molecule has 0 unspecified atom stereocenters. The Morgan fingerprint density at radius 2 is 1.35 bits per heavy atom. The molecule has 5 nitrogen and oxygen atoms in total. The largest absolute Gasteiger partial charge is 0.493 e. The molecule has 1 aliphatic carbocycles. The van der Waals surface area contributed by atoms with Crippen molar-refractivity contribution < 1.29 is 23.8 Å². The predicted molar refractivity (Wildman–Crippen MR) is 134 cm³/mol. The van der Waals surface area contributed by atoms with Crippen LogP contribution in [0.2, 0.25) is 0 Å². The van der Waals surface area contributed by atoms with Crippen molar-refractivity contribution in [3.8, 4) is 22.6 Å². The summed E-state index contributed by atoms with van der Waals surface area (Å²) < 4.78 is 16.8. The molecule has 0 saturated heterocycles. The summed E-state index contributed by atoms with van der Waals surface area (Å²) in [5, 5.41) is 0. The fourth-order valence-electron chi connectivity index (χ4n) is 4.01. The molecule has 184 valence electrons. The van der Waals surface area contributed by atoms with Gasteiger partial charge in [-0.2, -0.15) is 0 Å². The van der Waals surface area contributed by atoms with Crippen LogP contribution in [0.3, 0.4) is 0 Å². The maximum atomic E-state index is 12.6. The number of rotatable bonds is 11. The van der Waals surface area contributed by atoms with E-state index in [2.05, 4.69) is 20.8 Å². The maximum absolute atomic E-state index is 12.6. The van der Waals surface area contributed by atoms with Gasteiger partial charge >= 0.3 is 11.9 Å². The van der Waals surface area contributed by atoms with E-state index in [4.69, 9.17) is 14.2 Å². The Kier molecular flexibility index (Phi) is 9.99. The van der Waals surface area contributed by atoms with Crippen LogP contribution >= 0.6 is 0 Å². The zero-order valence-electron chi connectivity index (χ0n) is 20.8. The monoisotopic (exact) mass is 466 g/mol. The van der Waals surface area contributed by atoms with Crippen LogP contribution in [0.1, 0.15) is 65.7 Å². The summed E-state index contributed by atoms with van der Waals surface area (Å²) in [5.74, 6) is 1.37. The van der Waals surface area contributed by atoms with E-state index in [-0.39, 0.29) is 23.8 Å². The first-order valence-electron chi connectivity index (χ1n) is 12.7. The lowest BCUT2D eigenvalue weighted by atomic mass is 9.82. The summed E-state index contributed by atoms with van der Waals surface area (Å²) >= 11 is 0. The zero-order valence-corrected chi connectivity index (χ0v) is 20.8. The van der Waals surface area contributed by atoms with Gasteiger partial charge in [-0.1, -0.05) is 57.9 Å². The van der Waals surface area contributed by atoms with Gasteiger partial charge in [0.25, 0.3) is 0 Å². The van der Waals surface area contributed by atoms with Crippen LogP contribution in [0.4, 0.5) is 0 Å². The number of unbranched alkanes of at least 4 members (excludes halogenated alkanes) is 1. The van der Waals surface area contributed by atoms with Crippen molar-refractivity contribution in [1.82, 2.24) is 0 Å². The number of hydrogen-bond donors (Lipinski definition) is 0. The standard InChI is InChI=1S/C29H38O5/c1-4-6-19-32-28(30)24-7-9-25(10-8-24)29(31)34-27-17-13-23(14-18-27)22-11-15-26(16-12-22)33-20-21(3)5-2/h11-18,21,24-25H,4-10,19-20H2,1-3H3/t21-,24?,25?/m0/s1. The molecular formula is C29H38O5. The third-order valence-electron chi connectivity index (χ3n) is 6.63. The second-order valence-corrected chi connectivity index (χ2v) is 9.36. The molecule has 0 radical (unpaired) electrons. The summed E-state index contributed by atoms with van der Waals surface area (Å²) in [5.41, 5.74) is 2.13. The van der Waals surface area contributed by atoms with Gasteiger partial charge in [-0.3, -0.25) is 9.59 Å². The van der Waals surface area contributed by atoms with Gasteiger partial charge < -0.3 is 14.2 Å². The Balaban J connectivity index is 1.46. The van der Waals surface area contributed by atoms with E-state index in [1.807, 2.05) is 48.5 Å². The number of carbonyl (C=O) groups excluding carboxylic acids is 2. The predicted octanol–water partition coefficient (Wildman–Crippen LogP) is 6.83. The fourth-order valence-corrected chi connectivity index (χ4v) is 4.01. The van der Waals surface area contributed by atoms with Crippen LogP contribution in [0.15, 0.2) is 48.5 Å². The lowest BCUT2D eigenvalue weighted by Crippen LogP contribution is -2.29. The molecule has 3 rings (SSSR count). The molecule has 2 aromatic rings. The highest BCUT2D eigenvalue weighted by molar-refractivity contribution is 5.77. The lowest BCUT2D eigenvalue weighted by Gasteiger charge is -2.25. The van der Waals surface area contributed by atoms with Crippen molar-refractivity contribution >= 4 is 11.9 Å². The van der Waals surface area contributed by atoms with Gasteiger partial charge in [0.15, 0.2) is 0 Å². The summed E-state index contributed by atoms with van der Waals surface area (Å²) in [7, 11) is 0. The van der Waals surface area contributed by atoms with Crippen molar-refractivity contribution in [1.29, 1.82) is 0 Å². The van der Waals surface area contributed by atoms with Crippen molar-refractivity contribution in [3.63, 3.8) is 0 Å². The second-order valence-electron chi connectivity index (χ2n) is 9.36. The van der Waals surface area contributed by atoms with Gasteiger partial charge in [0.1, 0.15) is 11.5 Å². The molecule has 0 aliphatic heterocycles. The Morgan fingerprint density at radius 1 is 0.824 bits per heavy atom. The van der Waals surface area contributed by atoms with Crippen LogP contribution in [0.5, 0.6) is 11.5 Å². The minimum atomic E-state index is -0.214. The summed E-state index contributed by atoms with van der Waals surface area (Å²) in [6, 6.07) is 15.6. The topological polar surface area (TPSA) is 61.8 Å². The van der Waals surface area contributed by atoms with E-state index in [1.165, 1.54) is 0 Å². The highest BCUT2D eigenvalue weighted by Gasteiger charge is 2.31. The lowest BCUT2D eigenvalue weighted by molar-refractivity contribution is -0.152. The van der Waals surface area contributed by atoms with Crippen molar-refractivity contribution in [2.24, 2.45) is 17.8 Å². The van der Waals surface area contributed by atoms with Crippen molar-refractivity contribution in [2.45, 2.75) is 65.7 Å². The van der Waals surface area contributed by atoms with Crippen molar-refractivity contribution in [2.75, 3.05) is 13.2 Å². The third-order valence-corrected chi connectivity index (χ3v) is 6.63. The Labute approximate surface area is 203 Å². The molecule has 0 bridgehead atoms. The summed E-state index contributed by atoms with van der Waals surface area (Å²) in [6.07, 6.45) is 5.69. The molecule has 0 spiro atoms. The molecule has 0 amide bonds. The van der Waals surface area contributed by atoms with E-state index in [1.54, 1.807) is 0 Å².